The molecule has 7 heteroatoms. The molecule has 5 nitrogen and oxygen atoms in total. The Bertz CT molecular complexity index is 614. The Morgan fingerprint density at radius 3 is 2.65 bits per heavy atom. The highest BCUT2D eigenvalue weighted by Crippen LogP contribution is 2.22. The molecule has 0 spiro atoms. The van der Waals surface area contributed by atoms with Crippen LogP contribution in [-0.2, 0) is 9.53 Å². The fourth-order valence-corrected chi connectivity index (χ4v) is 2.29. The Morgan fingerprint density at radius 1 is 1.30 bits per heavy atom. The third kappa shape index (κ3) is 4.64. The number of carbonyl (C=O) groups is 2. The van der Waals surface area contributed by atoms with E-state index < -0.39 is 35.2 Å². The maximum Gasteiger partial charge on any atom is 0.410 e. The van der Waals surface area contributed by atoms with Gasteiger partial charge in [-0.05, 0) is 39.3 Å². The minimum absolute atomic E-state index is 0.192. The largest absolute Gasteiger partial charge is 0.444 e. The van der Waals surface area contributed by atoms with Crippen LogP contribution in [0.4, 0.5) is 19.3 Å². The molecule has 1 aliphatic heterocycles. The second kappa shape index (κ2) is 6.52. The van der Waals surface area contributed by atoms with Crippen LogP contribution in [0.25, 0.3) is 0 Å². The molecule has 2 amide bonds. The fourth-order valence-electron chi connectivity index (χ4n) is 2.29. The molecule has 1 heterocycles. The van der Waals surface area contributed by atoms with Gasteiger partial charge in [0.15, 0.2) is 0 Å². The summed E-state index contributed by atoms with van der Waals surface area (Å²) in [5.74, 6) is -2.27. The first kappa shape index (κ1) is 17.2. The van der Waals surface area contributed by atoms with Crippen LogP contribution in [0.15, 0.2) is 18.2 Å². The van der Waals surface area contributed by atoms with Crippen molar-refractivity contribution in [2.24, 2.45) is 5.92 Å². The lowest BCUT2D eigenvalue weighted by molar-refractivity contribution is -0.119. The summed E-state index contributed by atoms with van der Waals surface area (Å²) in [5.41, 5.74) is -0.812. The number of benzene rings is 1. The van der Waals surface area contributed by atoms with Crippen molar-refractivity contribution in [2.75, 3.05) is 18.4 Å². The van der Waals surface area contributed by atoms with Crippen molar-refractivity contribution in [2.45, 2.75) is 32.8 Å². The van der Waals surface area contributed by atoms with E-state index in [0.29, 0.717) is 13.0 Å². The maximum atomic E-state index is 13.5. The van der Waals surface area contributed by atoms with E-state index in [9.17, 15) is 18.4 Å². The monoisotopic (exact) mass is 326 g/mol. The van der Waals surface area contributed by atoms with Gasteiger partial charge in [-0.3, -0.25) is 4.79 Å². The zero-order valence-corrected chi connectivity index (χ0v) is 13.4. The molecule has 1 N–H and O–H groups in total. The van der Waals surface area contributed by atoms with Gasteiger partial charge in [0.05, 0.1) is 11.6 Å². The predicted octanol–water partition coefficient (Wildman–Crippen LogP) is 3.16. The topological polar surface area (TPSA) is 58.6 Å². The molecule has 1 aromatic carbocycles. The number of nitrogens with zero attached hydrogens (tertiary/aromatic N) is 1. The number of nitrogens with one attached hydrogen (secondary N) is 1. The number of rotatable bonds is 2. The van der Waals surface area contributed by atoms with E-state index in [1.165, 1.54) is 4.90 Å². The van der Waals surface area contributed by atoms with Gasteiger partial charge in [-0.2, -0.15) is 0 Å². The summed E-state index contributed by atoms with van der Waals surface area (Å²) in [7, 11) is 0. The number of likely N-dealkylation sites (tertiary alicyclic amines) is 1. The number of anilines is 1. The first-order valence-corrected chi connectivity index (χ1v) is 7.39. The molecule has 0 bridgehead atoms. The number of halogens is 2. The summed E-state index contributed by atoms with van der Waals surface area (Å²) >= 11 is 0. The van der Waals surface area contributed by atoms with Gasteiger partial charge in [-0.1, -0.05) is 0 Å². The van der Waals surface area contributed by atoms with Crippen LogP contribution >= 0.6 is 0 Å². The molecular formula is C16H20F2N2O3. The average Bonchev–Trinajstić information content (AvgIpc) is 2.91. The molecule has 0 aromatic heterocycles. The summed E-state index contributed by atoms with van der Waals surface area (Å²) in [6.45, 7) is 5.87. The lowest BCUT2D eigenvalue weighted by Crippen LogP contribution is -2.36. The Morgan fingerprint density at radius 2 is 2.00 bits per heavy atom. The van der Waals surface area contributed by atoms with E-state index in [0.717, 1.165) is 18.2 Å². The van der Waals surface area contributed by atoms with Crippen molar-refractivity contribution >= 4 is 17.7 Å². The summed E-state index contributed by atoms with van der Waals surface area (Å²) in [6.07, 6.45) is -0.0353. The summed E-state index contributed by atoms with van der Waals surface area (Å²) in [5, 5.41) is 2.37. The molecule has 1 aliphatic rings. The lowest BCUT2D eigenvalue weighted by Gasteiger charge is -2.24. The molecule has 0 unspecified atom stereocenters. The highest BCUT2D eigenvalue weighted by Gasteiger charge is 2.33. The molecule has 0 aliphatic carbocycles. The van der Waals surface area contributed by atoms with Crippen molar-refractivity contribution in [1.82, 2.24) is 4.90 Å². The van der Waals surface area contributed by atoms with Crippen LogP contribution < -0.4 is 5.32 Å². The molecule has 1 atom stereocenters. The first-order chi connectivity index (χ1) is 10.7. The van der Waals surface area contributed by atoms with Crippen LogP contribution in [0.5, 0.6) is 0 Å². The van der Waals surface area contributed by atoms with E-state index in [-0.39, 0.29) is 12.2 Å². The molecule has 126 valence electrons. The molecule has 0 radical (unpaired) electrons. The van der Waals surface area contributed by atoms with Crippen LogP contribution in [0, 0.1) is 17.6 Å². The Balaban J connectivity index is 1.95. The van der Waals surface area contributed by atoms with E-state index in [1.54, 1.807) is 20.8 Å². The van der Waals surface area contributed by atoms with Crippen molar-refractivity contribution in [3.8, 4) is 0 Å². The molecule has 1 aromatic rings. The Labute approximate surface area is 133 Å². The van der Waals surface area contributed by atoms with Gasteiger partial charge in [0, 0.05) is 19.2 Å². The van der Waals surface area contributed by atoms with Gasteiger partial charge in [0.2, 0.25) is 5.91 Å². The minimum Gasteiger partial charge on any atom is -0.444 e. The number of hydrogen-bond acceptors (Lipinski definition) is 3. The fraction of sp³-hybridized carbons (Fsp3) is 0.500. The van der Waals surface area contributed by atoms with E-state index in [1.807, 2.05) is 0 Å². The number of amides is 2. The quantitative estimate of drug-likeness (QED) is 0.908. The predicted molar refractivity (Wildman–Crippen MR) is 80.9 cm³/mol. The highest BCUT2D eigenvalue weighted by molar-refractivity contribution is 5.93. The second-order valence-corrected chi connectivity index (χ2v) is 6.53. The lowest BCUT2D eigenvalue weighted by atomic mass is 10.1. The molecule has 23 heavy (non-hydrogen) atoms. The number of ether oxygens (including phenoxy) is 1. The second-order valence-electron chi connectivity index (χ2n) is 6.53. The summed E-state index contributed by atoms with van der Waals surface area (Å²) in [6, 6.07) is 2.85. The third-order valence-electron chi connectivity index (χ3n) is 3.40. The van der Waals surface area contributed by atoms with Gasteiger partial charge in [-0.25, -0.2) is 13.6 Å². The SMILES string of the molecule is CC(C)(C)OC(=O)N1CC[C@H](C(=O)Nc2cc(F)ccc2F)C1. The number of hydrogen-bond donors (Lipinski definition) is 1. The van der Waals surface area contributed by atoms with Crippen LogP contribution in [0.1, 0.15) is 27.2 Å². The molecule has 1 fully saturated rings. The van der Waals surface area contributed by atoms with Gasteiger partial charge >= 0.3 is 6.09 Å². The van der Waals surface area contributed by atoms with Crippen LogP contribution in [0.3, 0.4) is 0 Å². The van der Waals surface area contributed by atoms with Crippen LogP contribution in [0.2, 0.25) is 0 Å². The van der Waals surface area contributed by atoms with Crippen molar-refractivity contribution in [3.05, 3.63) is 29.8 Å². The van der Waals surface area contributed by atoms with Crippen LogP contribution in [-0.4, -0.2) is 35.6 Å². The standard InChI is InChI=1S/C16H20F2N2O3/c1-16(2,3)23-15(22)20-7-6-10(9-20)14(21)19-13-8-11(17)4-5-12(13)18/h4-5,8,10H,6-7,9H2,1-3H3,(H,19,21)/t10-/m0/s1. The number of carbonyl (C=O) groups excluding carboxylic acids is 2. The molecule has 2 rings (SSSR count). The zero-order chi connectivity index (χ0) is 17.2. The van der Waals surface area contributed by atoms with Gasteiger partial charge in [0.1, 0.15) is 17.2 Å². The Kier molecular flexibility index (Phi) is 4.87. The van der Waals surface area contributed by atoms with E-state index in [2.05, 4.69) is 5.32 Å². The smallest absolute Gasteiger partial charge is 0.410 e. The minimum atomic E-state index is -0.707. The third-order valence-corrected chi connectivity index (χ3v) is 3.40. The molecular weight excluding hydrogens is 306 g/mol. The summed E-state index contributed by atoms with van der Waals surface area (Å²) < 4.78 is 31.9. The molecule has 1 saturated heterocycles. The van der Waals surface area contributed by atoms with E-state index >= 15 is 0 Å². The first-order valence-electron chi connectivity index (χ1n) is 7.39. The normalized spacial score (nSPS) is 18.0. The van der Waals surface area contributed by atoms with Gasteiger partial charge in [0.25, 0.3) is 0 Å². The molecule has 0 saturated carbocycles. The van der Waals surface area contributed by atoms with Gasteiger partial charge in [-0.15, -0.1) is 0 Å². The van der Waals surface area contributed by atoms with Crippen molar-refractivity contribution in [1.29, 1.82) is 0 Å². The Hall–Kier alpha value is -2.18. The highest BCUT2D eigenvalue weighted by atomic mass is 19.1. The van der Waals surface area contributed by atoms with E-state index in [4.69, 9.17) is 4.74 Å². The van der Waals surface area contributed by atoms with Crippen molar-refractivity contribution < 1.29 is 23.1 Å². The zero-order valence-electron chi connectivity index (χ0n) is 13.4. The van der Waals surface area contributed by atoms with Crippen molar-refractivity contribution in [3.63, 3.8) is 0 Å². The van der Waals surface area contributed by atoms with Gasteiger partial charge < -0.3 is 15.0 Å². The maximum absolute atomic E-state index is 13.5. The summed E-state index contributed by atoms with van der Waals surface area (Å²) in [4.78, 5) is 25.5. The average molecular weight is 326 g/mol.